The molecule has 0 atom stereocenters. The van der Waals surface area contributed by atoms with Crippen molar-refractivity contribution in [3.05, 3.63) is 30.1 Å². The van der Waals surface area contributed by atoms with Crippen molar-refractivity contribution in [2.75, 3.05) is 13.6 Å². The molecule has 1 heterocycles. The van der Waals surface area contributed by atoms with Crippen LogP contribution in [-0.2, 0) is 5.41 Å². The third kappa shape index (κ3) is 2.84. The lowest BCUT2D eigenvalue weighted by molar-refractivity contribution is 0.00370. The lowest BCUT2D eigenvalue weighted by atomic mass is 9.48. The van der Waals surface area contributed by atoms with Crippen LogP contribution in [0.25, 0.3) is 0 Å². The Kier molecular flexibility index (Phi) is 4.62. The van der Waals surface area contributed by atoms with Crippen LogP contribution in [0.3, 0.4) is 0 Å². The van der Waals surface area contributed by atoms with E-state index in [2.05, 4.69) is 49.5 Å². The van der Waals surface area contributed by atoms with Gasteiger partial charge in [0, 0.05) is 24.4 Å². The van der Waals surface area contributed by atoms with Crippen LogP contribution in [0.2, 0.25) is 0 Å². The molecule has 1 saturated carbocycles. The van der Waals surface area contributed by atoms with Gasteiger partial charge in [-0.2, -0.15) is 0 Å². The van der Waals surface area contributed by atoms with Crippen molar-refractivity contribution in [3.63, 3.8) is 0 Å². The van der Waals surface area contributed by atoms with Gasteiger partial charge in [-0.05, 0) is 49.8 Å². The van der Waals surface area contributed by atoms with Gasteiger partial charge in [-0.15, -0.1) is 0 Å². The van der Waals surface area contributed by atoms with E-state index in [1.165, 1.54) is 44.1 Å². The summed E-state index contributed by atoms with van der Waals surface area (Å²) < 4.78 is 0. The van der Waals surface area contributed by atoms with Gasteiger partial charge in [-0.25, -0.2) is 0 Å². The zero-order valence-electron chi connectivity index (χ0n) is 12.7. The van der Waals surface area contributed by atoms with Crippen LogP contribution in [0.15, 0.2) is 24.5 Å². The first-order chi connectivity index (χ1) is 9.20. The standard InChI is InChI=1S/C17H28N2/c1-4-8-16(9-5-2)12-17(13-16,14-18-3)15-7-6-10-19-11-15/h6-7,10-11,18H,4-5,8-9,12-14H2,1-3H3. The Morgan fingerprint density at radius 3 is 2.37 bits per heavy atom. The predicted molar refractivity (Wildman–Crippen MR) is 81.3 cm³/mol. The summed E-state index contributed by atoms with van der Waals surface area (Å²) >= 11 is 0. The number of pyridine rings is 1. The van der Waals surface area contributed by atoms with Gasteiger partial charge in [-0.1, -0.05) is 32.8 Å². The van der Waals surface area contributed by atoms with Crippen molar-refractivity contribution >= 4 is 0 Å². The minimum absolute atomic E-state index is 0.327. The minimum atomic E-state index is 0.327. The molecule has 0 saturated heterocycles. The fourth-order valence-corrected chi connectivity index (χ4v) is 4.37. The van der Waals surface area contributed by atoms with Gasteiger partial charge in [0.05, 0.1) is 0 Å². The second-order valence-corrected chi connectivity index (χ2v) is 6.41. The van der Waals surface area contributed by atoms with Gasteiger partial charge >= 0.3 is 0 Å². The number of aromatic nitrogens is 1. The summed E-state index contributed by atoms with van der Waals surface area (Å²) in [4.78, 5) is 4.33. The Morgan fingerprint density at radius 1 is 1.21 bits per heavy atom. The normalized spacial score (nSPS) is 19.9. The van der Waals surface area contributed by atoms with Crippen molar-refractivity contribution in [1.29, 1.82) is 0 Å². The van der Waals surface area contributed by atoms with Gasteiger partial charge in [0.25, 0.3) is 0 Å². The van der Waals surface area contributed by atoms with E-state index in [1.807, 2.05) is 6.20 Å². The molecular weight excluding hydrogens is 232 g/mol. The maximum atomic E-state index is 4.33. The number of hydrogen-bond acceptors (Lipinski definition) is 2. The van der Waals surface area contributed by atoms with Crippen LogP contribution >= 0.6 is 0 Å². The molecule has 2 heteroatoms. The highest BCUT2D eigenvalue weighted by Crippen LogP contribution is 2.59. The van der Waals surface area contributed by atoms with Crippen molar-refractivity contribution in [2.24, 2.45) is 5.41 Å². The monoisotopic (exact) mass is 260 g/mol. The summed E-state index contributed by atoms with van der Waals surface area (Å²) in [7, 11) is 2.07. The maximum Gasteiger partial charge on any atom is 0.0306 e. The largest absolute Gasteiger partial charge is 0.319 e. The number of rotatable bonds is 7. The molecule has 106 valence electrons. The van der Waals surface area contributed by atoms with Crippen molar-refractivity contribution in [3.8, 4) is 0 Å². The Balaban J connectivity index is 2.17. The SMILES string of the molecule is CCCC1(CCC)CC(CNC)(c2cccnc2)C1. The molecule has 0 spiro atoms. The van der Waals surface area contributed by atoms with E-state index in [0.29, 0.717) is 10.8 Å². The van der Waals surface area contributed by atoms with E-state index in [9.17, 15) is 0 Å². The topological polar surface area (TPSA) is 24.9 Å². The molecular formula is C17H28N2. The molecule has 2 rings (SSSR count). The third-order valence-corrected chi connectivity index (χ3v) is 4.78. The lowest BCUT2D eigenvalue weighted by Gasteiger charge is -2.57. The molecule has 19 heavy (non-hydrogen) atoms. The van der Waals surface area contributed by atoms with E-state index >= 15 is 0 Å². The van der Waals surface area contributed by atoms with Crippen LogP contribution in [0.4, 0.5) is 0 Å². The Labute approximate surface area is 118 Å². The van der Waals surface area contributed by atoms with Crippen LogP contribution in [-0.4, -0.2) is 18.6 Å². The molecule has 1 aliphatic carbocycles. The Morgan fingerprint density at radius 2 is 1.89 bits per heavy atom. The smallest absolute Gasteiger partial charge is 0.0306 e. The van der Waals surface area contributed by atoms with Crippen molar-refractivity contribution in [2.45, 2.75) is 57.8 Å². The molecule has 0 amide bonds. The summed E-state index contributed by atoms with van der Waals surface area (Å²) in [5.41, 5.74) is 2.34. The van der Waals surface area contributed by atoms with Gasteiger partial charge in [-0.3, -0.25) is 4.98 Å². The molecule has 1 fully saturated rings. The molecule has 0 bridgehead atoms. The summed E-state index contributed by atoms with van der Waals surface area (Å²) in [6, 6.07) is 4.33. The Hall–Kier alpha value is -0.890. The van der Waals surface area contributed by atoms with E-state index in [0.717, 1.165) is 6.54 Å². The second-order valence-electron chi connectivity index (χ2n) is 6.41. The van der Waals surface area contributed by atoms with Crippen LogP contribution in [0, 0.1) is 5.41 Å². The van der Waals surface area contributed by atoms with Gasteiger partial charge in [0.1, 0.15) is 0 Å². The molecule has 1 aliphatic rings. The quantitative estimate of drug-likeness (QED) is 0.803. The van der Waals surface area contributed by atoms with Gasteiger partial charge in [0.2, 0.25) is 0 Å². The highest BCUT2D eigenvalue weighted by Gasteiger charge is 2.53. The van der Waals surface area contributed by atoms with Crippen molar-refractivity contribution in [1.82, 2.24) is 10.3 Å². The first-order valence-electron chi connectivity index (χ1n) is 7.75. The molecule has 0 aromatic carbocycles. The summed E-state index contributed by atoms with van der Waals surface area (Å²) in [5, 5.41) is 3.40. The minimum Gasteiger partial charge on any atom is -0.319 e. The van der Waals surface area contributed by atoms with Crippen LogP contribution in [0.5, 0.6) is 0 Å². The number of likely N-dealkylation sites (N-methyl/N-ethyl adjacent to an activating group) is 1. The van der Waals surface area contributed by atoms with Crippen LogP contribution < -0.4 is 5.32 Å². The second kappa shape index (κ2) is 6.04. The van der Waals surface area contributed by atoms with E-state index < -0.39 is 0 Å². The van der Waals surface area contributed by atoms with E-state index in [1.54, 1.807) is 0 Å². The molecule has 1 aromatic rings. The zero-order valence-corrected chi connectivity index (χ0v) is 12.7. The molecule has 0 radical (unpaired) electrons. The Bertz CT molecular complexity index is 372. The van der Waals surface area contributed by atoms with Crippen LogP contribution in [0.1, 0.15) is 57.9 Å². The summed E-state index contributed by atoms with van der Waals surface area (Å²) in [6.45, 7) is 5.72. The highest BCUT2D eigenvalue weighted by molar-refractivity contribution is 5.29. The summed E-state index contributed by atoms with van der Waals surface area (Å²) in [5.74, 6) is 0. The van der Waals surface area contributed by atoms with E-state index in [4.69, 9.17) is 0 Å². The highest BCUT2D eigenvalue weighted by atomic mass is 14.9. The van der Waals surface area contributed by atoms with Crippen molar-refractivity contribution < 1.29 is 0 Å². The van der Waals surface area contributed by atoms with Gasteiger partial charge < -0.3 is 5.32 Å². The maximum absolute atomic E-state index is 4.33. The molecule has 2 nitrogen and oxygen atoms in total. The lowest BCUT2D eigenvalue weighted by Crippen LogP contribution is -2.54. The molecule has 1 N–H and O–H groups in total. The number of nitrogens with one attached hydrogen (secondary N) is 1. The number of hydrogen-bond donors (Lipinski definition) is 1. The first-order valence-corrected chi connectivity index (χ1v) is 7.75. The zero-order chi connectivity index (χ0) is 13.8. The fourth-order valence-electron chi connectivity index (χ4n) is 4.37. The molecule has 0 aliphatic heterocycles. The first kappa shape index (κ1) is 14.5. The average Bonchev–Trinajstić information content (AvgIpc) is 2.38. The predicted octanol–water partition coefficient (Wildman–Crippen LogP) is 3.92. The fraction of sp³-hybridized carbons (Fsp3) is 0.706. The van der Waals surface area contributed by atoms with E-state index in [-0.39, 0.29) is 0 Å². The summed E-state index contributed by atoms with van der Waals surface area (Å²) in [6.07, 6.45) is 12.0. The molecule has 0 unspecified atom stereocenters. The molecule has 1 aromatic heterocycles. The number of nitrogens with zero attached hydrogens (tertiary/aromatic N) is 1. The van der Waals surface area contributed by atoms with Gasteiger partial charge in [0.15, 0.2) is 0 Å². The third-order valence-electron chi connectivity index (χ3n) is 4.78. The average molecular weight is 260 g/mol.